The Labute approximate surface area is 136 Å². The maximum absolute atomic E-state index is 12.3. The van der Waals surface area contributed by atoms with Gasteiger partial charge in [0.15, 0.2) is 0 Å². The Kier molecular flexibility index (Phi) is 7.07. The average Bonchev–Trinajstić information content (AvgIpc) is 2.47. The highest BCUT2D eigenvalue weighted by Crippen LogP contribution is 2.15. The van der Waals surface area contributed by atoms with Gasteiger partial charge in [-0.2, -0.15) is 5.26 Å². The molecule has 0 aliphatic carbocycles. The number of amides is 2. The van der Waals surface area contributed by atoms with Crippen molar-refractivity contribution in [1.82, 2.24) is 10.6 Å². The fraction of sp³-hybridized carbons (Fsp3) is 0.471. The zero-order valence-corrected chi connectivity index (χ0v) is 13.8. The number of rotatable bonds is 6. The summed E-state index contributed by atoms with van der Waals surface area (Å²) in [5.41, 5.74) is 0.194. The van der Waals surface area contributed by atoms with E-state index in [0.717, 1.165) is 5.56 Å². The van der Waals surface area contributed by atoms with Crippen molar-refractivity contribution in [3.8, 4) is 6.07 Å². The molecule has 1 rings (SSSR count). The van der Waals surface area contributed by atoms with Crippen molar-refractivity contribution in [3.63, 3.8) is 0 Å². The SMILES string of the molecule is CC(C)(C)OC(=O)NCC(C(=O)NCCC#N)c1ccccc1. The van der Waals surface area contributed by atoms with E-state index in [0.29, 0.717) is 0 Å². The van der Waals surface area contributed by atoms with Crippen molar-refractivity contribution in [2.45, 2.75) is 38.7 Å². The molecule has 2 N–H and O–H groups in total. The first-order valence-corrected chi connectivity index (χ1v) is 7.50. The maximum Gasteiger partial charge on any atom is 0.407 e. The molecule has 6 heteroatoms. The van der Waals surface area contributed by atoms with Gasteiger partial charge in [0.2, 0.25) is 5.91 Å². The second-order valence-electron chi connectivity index (χ2n) is 6.05. The Morgan fingerprint density at radius 1 is 1.22 bits per heavy atom. The molecule has 0 aliphatic heterocycles. The highest BCUT2D eigenvalue weighted by Gasteiger charge is 2.23. The summed E-state index contributed by atoms with van der Waals surface area (Å²) in [7, 11) is 0. The summed E-state index contributed by atoms with van der Waals surface area (Å²) in [6.07, 6.45) is -0.324. The number of carbonyl (C=O) groups excluding carboxylic acids is 2. The van der Waals surface area contributed by atoms with Gasteiger partial charge in [0.05, 0.1) is 18.4 Å². The zero-order chi connectivity index (χ0) is 17.3. The zero-order valence-electron chi connectivity index (χ0n) is 13.8. The molecule has 6 nitrogen and oxygen atoms in total. The van der Waals surface area contributed by atoms with E-state index in [4.69, 9.17) is 10.00 Å². The summed E-state index contributed by atoms with van der Waals surface area (Å²) < 4.78 is 5.18. The molecule has 0 aromatic heterocycles. The van der Waals surface area contributed by atoms with Crippen LogP contribution in [0.25, 0.3) is 0 Å². The van der Waals surface area contributed by atoms with Crippen LogP contribution in [0.3, 0.4) is 0 Å². The molecular weight excluding hydrogens is 294 g/mol. The predicted octanol–water partition coefficient (Wildman–Crippen LogP) is 2.32. The topological polar surface area (TPSA) is 91.2 Å². The third-order valence-electron chi connectivity index (χ3n) is 2.90. The molecule has 1 unspecified atom stereocenters. The van der Waals surface area contributed by atoms with E-state index in [-0.39, 0.29) is 25.4 Å². The van der Waals surface area contributed by atoms with Crippen molar-refractivity contribution < 1.29 is 14.3 Å². The Morgan fingerprint density at radius 2 is 1.87 bits per heavy atom. The molecule has 0 aliphatic rings. The lowest BCUT2D eigenvalue weighted by Crippen LogP contribution is -2.39. The van der Waals surface area contributed by atoms with E-state index in [1.165, 1.54) is 0 Å². The van der Waals surface area contributed by atoms with E-state index in [1.54, 1.807) is 20.8 Å². The minimum Gasteiger partial charge on any atom is -0.444 e. The summed E-state index contributed by atoms with van der Waals surface area (Å²) in [5, 5.41) is 13.9. The molecular formula is C17H23N3O3. The predicted molar refractivity (Wildman–Crippen MR) is 86.7 cm³/mol. The van der Waals surface area contributed by atoms with Crippen molar-refractivity contribution in [2.24, 2.45) is 0 Å². The third kappa shape index (κ3) is 7.32. The first-order valence-electron chi connectivity index (χ1n) is 7.50. The van der Waals surface area contributed by atoms with Crippen LogP contribution in [0.2, 0.25) is 0 Å². The standard InChI is InChI=1S/C17H23N3O3/c1-17(2,3)23-16(22)20-12-14(13-8-5-4-6-9-13)15(21)19-11-7-10-18/h4-6,8-9,14H,7,11-12H2,1-3H3,(H,19,21)(H,20,22). The monoisotopic (exact) mass is 317 g/mol. The quantitative estimate of drug-likeness (QED) is 0.788. The van der Waals surface area contributed by atoms with Gasteiger partial charge in [-0.1, -0.05) is 30.3 Å². The van der Waals surface area contributed by atoms with Crippen LogP contribution in [-0.2, 0) is 9.53 Å². The number of carbonyl (C=O) groups is 2. The second kappa shape index (κ2) is 8.79. The lowest BCUT2D eigenvalue weighted by atomic mass is 9.98. The summed E-state index contributed by atoms with van der Waals surface area (Å²) in [4.78, 5) is 24.1. The molecule has 0 radical (unpaired) electrons. The molecule has 1 atom stereocenters. The van der Waals surface area contributed by atoms with Crippen molar-refractivity contribution in [2.75, 3.05) is 13.1 Å². The summed E-state index contributed by atoms with van der Waals surface area (Å²) in [6.45, 7) is 5.73. The number of hydrogen-bond acceptors (Lipinski definition) is 4. The highest BCUT2D eigenvalue weighted by atomic mass is 16.6. The van der Waals surface area contributed by atoms with Gasteiger partial charge >= 0.3 is 6.09 Å². The van der Waals surface area contributed by atoms with Gasteiger partial charge in [0.1, 0.15) is 5.60 Å². The van der Waals surface area contributed by atoms with Crippen molar-refractivity contribution in [3.05, 3.63) is 35.9 Å². The maximum atomic E-state index is 12.3. The minimum atomic E-state index is -0.596. The third-order valence-corrected chi connectivity index (χ3v) is 2.90. The molecule has 0 saturated carbocycles. The number of alkyl carbamates (subject to hydrolysis) is 1. The largest absolute Gasteiger partial charge is 0.444 e. The normalized spacial score (nSPS) is 11.9. The Bertz CT molecular complexity index is 559. The molecule has 0 spiro atoms. The Hall–Kier alpha value is -2.55. The highest BCUT2D eigenvalue weighted by molar-refractivity contribution is 5.84. The van der Waals surface area contributed by atoms with Gasteiger partial charge in [0.25, 0.3) is 0 Å². The molecule has 0 heterocycles. The number of ether oxygens (including phenoxy) is 1. The van der Waals surface area contributed by atoms with Gasteiger partial charge in [-0.3, -0.25) is 4.79 Å². The minimum absolute atomic E-state index is 0.122. The molecule has 1 aromatic carbocycles. The number of hydrogen-bond donors (Lipinski definition) is 2. The van der Waals surface area contributed by atoms with Crippen molar-refractivity contribution in [1.29, 1.82) is 5.26 Å². The van der Waals surface area contributed by atoms with Gasteiger partial charge in [-0.25, -0.2) is 4.79 Å². The van der Waals surface area contributed by atoms with Crippen LogP contribution in [0, 0.1) is 11.3 Å². The lowest BCUT2D eigenvalue weighted by Gasteiger charge is -2.22. The molecule has 2 amide bonds. The Morgan fingerprint density at radius 3 is 2.43 bits per heavy atom. The molecule has 23 heavy (non-hydrogen) atoms. The van der Waals surface area contributed by atoms with Crippen LogP contribution in [0.15, 0.2) is 30.3 Å². The van der Waals surface area contributed by atoms with Crippen LogP contribution in [0.4, 0.5) is 4.79 Å². The van der Waals surface area contributed by atoms with Crippen LogP contribution < -0.4 is 10.6 Å². The molecule has 0 fully saturated rings. The van der Waals surface area contributed by atoms with Gasteiger partial charge in [-0.15, -0.1) is 0 Å². The number of benzene rings is 1. The smallest absolute Gasteiger partial charge is 0.407 e. The van der Waals surface area contributed by atoms with E-state index in [9.17, 15) is 9.59 Å². The van der Waals surface area contributed by atoms with E-state index < -0.39 is 17.6 Å². The van der Waals surface area contributed by atoms with Crippen LogP contribution in [0.1, 0.15) is 38.7 Å². The molecule has 1 aromatic rings. The van der Waals surface area contributed by atoms with Gasteiger partial charge in [0, 0.05) is 13.1 Å². The van der Waals surface area contributed by atoms with E-state index in [2.05, 4.69) is 10.6 Å². The average molecular weight is 317 g/mol. The first-order chi connectivity index (χ1) is 10.8. The van der Waals surface area contributed by atoms with Crippen LogP contribution in [0.5, 0.6) is 0 Å². The molecule has 124 valence electrons. The molecule has 0 bridgehead atoms. The summed E-state index contributed by atoms with van der Waals surface area (Å²) in [6, 6.07) is 11.1. The Balaban J connectivity index is 2.71. The van der Waals surface area contributed by atoms with Crippen molar-refractivity contribution >= 4 is 12.0 Å². The number of nitrogens with one attached hydrogen (secondary N) is 2. The lowest BCUT2D eigenvalue weighted by molar-refractivity contribution is -0.122. The van der Waals surface area contributed by atoms with Gasteiger partial charge < -0.3 is 15.4 Å². The van der Waals surface area contributed by atoms with Crippen LogP contribution >= 0.6 is 0 Å². The number of nitrogens with zero attached hydrogens (tertiary/aromatic N) is 1. The van der Waals surface area contributed by atoms with Crippen LogP contribution in [-0.4, -0.2) is 30.7 Å². The van der Waals surface area contributed by atoms with Gasteiger partial charge in [-0.05, 0) is 26.3 Å². The van der Waals surface area contributed by atoms with E-state index >= 15 is 0 Å². The summed E-state index contributed by atoms with van der Waals surface area (Å²) in [5.74, 6) is -0.773. The fourth-order valence-electron chi connectivity index (χ4n) is 1.91. The van der Waals surface area contributed by atoms with E-state index in [1.807, 2.05) is 36.4 Å². The molecule has 0 saturated heterocycles. The second-order valence-corrected chi connectivity index (χ2v) is 6.05. The first kappa shape index (κ1) is 18.5. The summed E-state index contributed by atoms with van der Waals surface area (Å²) >= 11 is 0. The number of nitriles is 1. The fourth-order valence-corrected chi connectivity index (χ4v) is 1.91.